The summed E-state index contributed by atoms with van der Waals surface area (Å²) < 4.78 is 22.2. The maximum atomic E-state index is 11.3. The van der Waals surface area contributed by atoms with Crippen molar-refractivity contribution in [2.45, 2.75) is 49.9 Å². The molecule has 5 rings (SSSR count). The van der Waals surface area contributed by atoms with Crippen LogP contribution in [0.3, 0.4) is 0 Å². The summed E-state index contributed by atoms with van der Waals surface area (Å²) in [6.45, 7) is 0. The zero-order valence-corrected chi connectivity index (χ0v) is 19.6. The van der Waals surface area contributed by atoms with E-state index in [0.29, 0.717) is 23.6 Å². The Bertz CT molecular complexity index is 1040. The first-order valence-corrected chi connectivity index (χ1v) is 13.1. The minimum atomic E-state index is -4.64. The van der Waals surface area contributed by atoms with E-state index in [2.05, 4.69) is 0 Å². The van der Waals surface area contributed by atoms with Crippen LogP contribution in [0.4, 0.5) is 0 Å². The van der Waals surface area contributed by atoms with E-state index in [9.17, 15) is 4.57 Å². The average Bonchev–Trinajstić information content (AvgIpc) is 2.72. The van der Waals surface area contributed by atoms with Gasteiger partial charge in [0.2, 0.25) is 0 Å². The summed E-state index contributed by atoms with van der Waals surface area (Å²) in [6.07, 6.45) is 6.42. The van der Waals surface area contributed by atoms with Crippen LogP contribution < -0.4 is 4.52 Å². The molecule has 1 saturated heterocycles. The number of ether oxygens (including phenoxy) is 1. The van der Waals surface area contributed by atoms with Gasteiger partial charge in [-0.3, -0.25) is 9.79 Å². The highest BCUT2D eigenvalue weighted by Crippen LogP contribution is 2.65. The highest BCUT2D eigenvalue weighted by Gasteiger charge is 2.74. The number of methoxy groups -OCH3 is 1. The van der Waals surface area contributed by atoms with Gasteiger partial charge in [-0.2, -0.15) is 4.89 Å². The van der Waals surface area contributed by atoms with Crippen molar-refractivity contribution in [2.24, 2.45) is 17.8 Å². The molecular formula is C23H28ClO7P. The lowest BCUT2D eigenvalue weighted by Gasteiger charge is -2.65. The second-order valence-corrected chi connectivity index (χ2v) is 10.8. The number of benzene rings is 2. The Labute approximate surface area is 192 Å². The fraction of sp³-hybridized carbons (Fsp3) is 0.565. The Hall–Kier alpha value is -1.18. The van der Waals surface area contributed by atoms with Gasteiger partial charge < -0.3 is 9.26 Å². The molecule has 2 aromatic rings. The second-order valence-electron chi connectivity index (χ2n) is 9.23. The predicted octanol–water partition coefficient (Wildman–Crippen LogP) is 5.27. The first-order valence-electron chi connectivity index (χ1n) is 11.1. The Kier molecular flexibility index (Phi) is 5.82. The van der Waals surface area contributed by atoms with Crippen molar-refractivity contribution in [3.63, 3.8) is 0 Å². The molecule has 1 spiro atoms. The van der Waals surface area contributed by atoms with E-state index in [1.807, 2.05) is 18.2 Å². The molecule has 3 unspecified atom stereocenters. The highest BCUT2D eigenvalue weighted by molar-refractivity contribution is 7.46. The maximum Gasteiger partial charge on any atom is 0.524 e. The van der Waals surface area contributed by atoms with Crippen molar-refractivity contribution in [3.05, 3.63) is 42.0 Å². The van der Waals surface area contributed by atoms with Crippen LogP contribution in [0.25, 0.3) is 10.8 Å². The van der Waals surface area contributed by atoms with Gasteiger partial charge in [0.1, 0.15) is 5.75 Å². The molecule has 9 heteroatoms. The summed E-state index contributed by atoms with van der Waals surface area (Å²) in [7, 11) is -2.99. The van der Waals surface area contributed by atoms with Gasteiger partial charge in [-0.25, -0.2) is 9.45 Å². The summed E-state index contributed by atoms with van der Waals surface area (Å²) in [5.74, 6) is 0.981. The Morgan fingerprint density at radius 1 is 1.09 bits per heavy atom. The third-order valence-corrected chi connectivity index (χ3v) is 8.25. The molecular weight excluding hydrogens is 455 g/mol. The molecule has 0 amide bonds. The molecule has 0 aromatic heterocycles. The lowest BCUT2D eigenvalue weighted by molar-refractivity contribution is -0.643. The van der Waals surface area contributed by atoms with Crippen LogP contribution in [0.1, 0.15) is 44.1 Å². The van der Waals surface area contributed by atoms with E-state index < -0.39 is 19.2 Å². The van der Waals surface area contributed by atoms with E-state index in [0.717, 1.165) is 48.4 Å². The molecule has 7 nitrogen and oxygen atoms in total. The zero-order valence-electron chi connectivity index (χ0n) is 17.9. The largest absolute Gasteiger partial charge is 0.524 e. The van der Waals surface area contributed by atoms with E-state index >= 15 is 0 Å². The molecule has 0 radical (unpaired) electrons. The van der Waals surface area contributed by atoms with Crippen LogP contribution in [0.5, 0.6) is 5.75 Å². The third-order valence-electron chi connectivity index (χ3n) is 7.59. The normalized spacial score (nSPS) is 34.4. The summed E-state index contributed by atoms with van der Waals surface area (Å²) >= 11 is 6.06. The minimum absolute atomic E-state index is 0.105. The van der Waals surface area contributed by atoms with Gasteiger partial charge in [0, 0.05) is 18.6 Å². The molecule has 2 bridgehead atoms. The van der Waals surface area contributed by atoms with Crippen LogP contribution >= 0.6 is 19.4 Å². The fourth-order valence-electron chi connectivity index (χ4n) is 6.35. The van der Waals surface area contributed by atoms with Crippen molar-refractivity contribution >= 4 is 30.2 Å². The van der Waals surface area contributed by atoms with Crippen LogP contribution in [-0.4, -0.2) is 28.4 Å². The number of alkyl halides is 1. The number of hydrogen-bond acceptors (Lipinski definition) is 5. The van der Waals surface area contributed by atoms with Crippen molar-refractivity contribution in [1.29, 1.82) is 0 Å². The van der Waals surface area contributed by atoms with Gasteiger partial charge in [0.05, 0.1) is 0 Å². The molecule has 1 heterocycles. The number of fused-ring (bicyclic) bond motifs is 1. The zero-order chi connectivity index (χ0) is 22.6. The van der Waals surface area contributed by atoms with E-state index in [1.165, 1.54) is 6.42 Å². The van der Waals surface area contributed by atoms with Crippen LogP contribution in [0, 0.1) is 17.8 Å². The minimum Gasteiger partial charge on any atom is -0.404 e. The van der Waals surface area contributed by atoms with Crippen LogP contribution in [-0.2, 0) is 24.9 Å². The van der Waals surface area contributed by atoms with Crippen molar-refractivity contribution in [2.75, 3.05) is 13.0 Å². The van der Waals surface area contributed by atoms with Crippen molar-refractivity contribution in [1.82, 2.24) is 0 Å². The smallest absolute Gasteiger partial charge is 0.404 e. The quantitative estimate of drug-likeness (QED) is 0.329. The summed E-state index contributed by atoms with van der Waals surface area (Å²) in [4.78, 5) is 30.2. The monoisotopic (exact) mass is 482 g/mol. The topological polar surface area (TPSA) is 94.5 Å². The number of rotatable bonds is 6. The Morgan fingerprint density at radius 2 is 1.81 bits per heavy atom. The van der Waals surface area contributed by atoms with Gasteiger partial charge >= 0.3 is 7.82 Å². The van der Waals surface area contributed by atoms with E-state index in [1.54, 1.807) is 25.3 Å². The van der Waals surface area contributed by atoms with Gasteiger partial charge in [0.25, 0.3) is 5.79 Å². The summed E-state index contributed by atoms with van der Waals surface area (Å²) in [5, 5.41) is 1.69. The van der Waals surface area contributed by atoms with Crippen LogP contribution in [0.15, 0.2) is 36.4 Å². The van der Waals surface area contributed by atoms with Crippen LogP contribution in [0.2, 0.25) is 0 Å². The number of phosphoric acid groups is 1. The number of halogens is 1. The van der Waals surface area contributed by atoms with Gasteiger partial charge in [-0.05, 0) is 78.8 Å². The lowest BCUT2D eigenvalue weighted by Crippen LogP contribution is -2.74. The van der Waals surface area contributed by atoms with Gasteiger partial charge in [-0.1, -0.05) is 24.6 Å². The van der Waals surface area contributed by atoms with Crippen molar-refractivity contribution in [3.8, 4) is 5.75 Å². The third kappa shape index (κ3) is 3.50. The highest BCUT2D eigenvalue weighted by atomic mass is 35.5. The standard InChI is InChI=1S/C23H28ClO7P/c1-28-23(20-7-5-16-6-8-21(14-17(16)13-20)29-32(25,26)27)22(30-31-23)18-3-2-4-19(22)12-15(11-18)9-10-24/h5-8,13-15,18-19H,2-4,9-12H2,1H3,(H2,25,26,27). The first-order chi connectivity index (χ1) is 15.3. The number of hydrogen-bond donors (Lipinski definition) is 2. The van der Waals surface area contributed by atoms with E-state index in [4.69, 9.17) is 40.4 Å². The molecule has 2 saturated carbocycles. The molecule has 1 aliphatic heterocycles. The summed E-state index contributed by atoms with van der Waals surface area (Å²) in [5.41, 5.74) is 0.288. The SMILES string of the molecule is COC1(c2ccc3ccc(OP(=O)(O)O)cc3c2)OOC12C1CCCC2CC(CCCl)C1. The van der Waals surface area contributed by atoms with Gasteiger partial charge in [0.15, 0.2) is 5.60 Å². The molecule has 2 N–H and O–H groups in total. The van der Waals surface area contributed by atoms with Gasteiger partial charge in [-0.15, -0.1) is 11.6 Å². The lowest BCUT2D eigenvalue weighted by atomic mass is 9.54. The fourth-order valence-corrected chi connectivity index (χ4v) is 7.04. The van der Waals surface area contributed by atoms with E-state index in [-0.39, 0.29) is 5.75 Å². The Morgan fingerprint density at radius 3 is 2.41 bits per heavy atom. The average molecular weight is 483 g/mol. The molecule has 3 aliphatic rings. The molecule has 174 valence electrons. The molecule has 3 atom stereocenters. The predicted molar refractivity (Wildman–Crippen MR) is 119 cm³/mol. The molecule has 3 fully saturated rings. The first kappa shape index (κ1) is 22.6. The maximum absolute atomic E-state index is 11.3. The molecule has 32 heavy (non-hydrogen) atoms. The molecule has 2 aliphatic carbocycles. The second kappa shape index (κ2) is 8.24. The Balaban J connectivity index is 1.54. The summed E-state index contributed by atoms with van der Waals surface area (Å²) in [6, 6.07) is 10.8. The van der Waals surface area contributed by atoms with Crippen molar-refractivity contribution < 1.29 is 33.4 Å². The molecule has 2 aromatic carbocycles. The number of phosphoric ester groups is 1.